The molecule has 1 unspecified atom stereocenters. The standard InChI is InChI=1S/C14H13BrN2O2/c1-9(10-2-4-11(15)5-3-10)17-12-6-7-13(14(18)19)16-8-12/h2-9,17H,1H3,(H,18,19). The highest BCUT2D eigenvalue weighted by Gasteiger charge is 2.07. The summed E-state index contributed by atoms with van der Waals surface area (Å²) in [7, 11) is 0. The maximum Gasteiger partial charge on any atom is 0.354 e. The highest BCUT2D eigenvalue weighted by Crippen LogP contribution is 2.20. The summed E-state index contributed by atoms with van der Waals surface area (Å²) in [5.41, 5.74) is 1.98. The zero-order chi connectivity index (χ0) is 13.8. The lowest BCUT2D eigenvalue weighted by molar-refractivity contribution is 0.0690. The van der Waals surface area contributed by atoms with Crippen molar-refractivity contribution in [2.45, 2.75) is 13.0 Å². The van der Waals surface area contributed by atoms with Crippen molar-refractivity contribution in [1.29, 1.82) is 0 Å². The molecule has 98 valence electrons. The molecule has 2 rings (SSSR count). The molecular formula is C14H13BrN2O2. The largest absolute Gasteiger partial charge is 0.477 e. The van der Waals surface area contributed by atoms with E-state index in [4.69, 9.17) is 5.11 Å². The van der Waals surface area contributed by atoms with Crippen molar-refractivity contribution in [2.24, 2.45) is 0 Å². The van der Waals surface area contributed by atoms with E-state index in [2.05, 4.69) is 26.2 Å². The van der Waals surface area contributed by atoms with Gasteiger partial charge in [-0.1, -0.05) is 28.1 Å². The summed E-state index contributed by atoms with van der Waals surface area (Å²) in [6.45, 7) is 2.04. The van der Waals surface area contributed by atoms with Gasteiger partial charge < -0.3 is 10.4 Å². The quantitative estimate of drug-likeness (QED) is 0.901. The molecule has 5 heteroatoms. The first-order valence-corrected chi connectivity index (χ1v) is 6.57. The fourth-order valence-electron chi connectivity index (χ4n) is 1.69. The van der Waals surface area contributed by atoms with Gasteiger partial charge in [-0.2, -0.15) is 0 Å². The van der Waals surface area contributed by atoms with Crippen LogP contribution in [0.15, 0.2) is 47.1 Å². The van der Waals surface area contributed by atoms with Crippen LogP contribution in [0, 0.1) is 0 Å². The van der Waals surface area contributed by atoms with Crippen molar-refractivity contribution in [3.05, 3.63) is 58.3 Å². The van der Waals surface area contributed by atoms with Crippen LogP contribution in [0.1, 0.15) is 29.0 Å². The normalized spacial score (nSPS) is 11.9. The fraction of sp³-hybridized carbons (Fsp3) is 0.143. The Kier molecular flexibility index (Phi) is 4.16. The molecule has 0 saturated carbocycles. The number of rotatable bonds is 4. The van der Waals surface area contributed by atoms with Crippen molar-refractivity contribution >= 4 is 27.6 Å². The van der Waals surface area contributed by atoms with Crippen LogP contribution in [0.4, 0.5) is 5.69 Å². The first-order chi connectivity index (χ1) is 9.06. The molecule has 4 nitrogen and oxygen atoms in total. The zero-order valence-corrected chi connectivity index (χ0v) is 11.9. The van der Waals surface area contributed by atoms with Crippen LogP contribution in [-0.2, 0) is 0 Å². The monoisotopic (exact) mass is 320 g/mol. The Bertz CT molecular complexity index is 567. The lowest BCUT2D eigenvalue weighted by Crippen LogP contribution is -2.07. The molecule has 0 radical (unpaired) electrons. The number of hydrogen-bond acceptors (Lipinski definition) is 3. The van der Waals surface area contributed by atoms with Gasteiger partial charge in [0.25, 0.3) is 0 Å². The van der Waals surface area contributed by atoms with Crippen molar-refractivity contribution in [1.82, 2.24) is 4.98 Å². The minimum absolute atomic E-state index is 0.0434. The highest BCUT2D eigenvalue weighted by atomic mass is 79.9. The SMILES string of the molecule is CC(Nc1ccc(C(=O)O)nc1)c1ccc(Br)cc1. The van der Waals surface area contributed by atoms with E-state index in [0.29, 0.717) is 0 Å². The number of benzene rings is 1. The number of halogens is 1. The van der Waals surface area contributed by atoms with E-state index in [9.17, 15) is 4.79 Å². The van der Waals surface area contributed by atoms with E-state index < -0.39 is 5.97 Å². The number of aromatic nitrogens is 1. The smallest absolute Gasteiger partial charge is 0.354 e. The number of nitrogens with zero attached hydrogens (tertiary/aromatic N) is 1. The predicted octanol–water partition coefficient (Wildman–Crippen LogP) is 3.72. The zero-order valence-electron chi connectivity index (χ0n) is 10.3. The molecule has 1 aromatic carbocycles. The number of aromatic carboxylic acids is 1. The van der Waals surface area contributed by atoms with Gasteiger partial charge >= 0.3 is 5.97 Å². The van der Waals surface area contributed by atoms with E-state index >= 15 is 0 Å². The van der Waals surface area contributed by atoms with Gasteiger partial charge in [-0.25, -0.2) is 9.78 Å². The van der Waals surface area contributed by atoms with Crippen molar-refractivity contribution in [3.63, 3.8) is 0 Å². The third kappa shape index (κ3) is 3.54. The van der Waals surface area contributed by atoms with Gasteiger partial charge in [0.2, 0.25) is 0 Å². The van der Waals surface area contributed by atoms with Gasteiger partial charge in [0.1, 0.15) is 5.69 Å². The number of carbonyl (C=O) groups is 1. The molecule has 1 heterocycles. The van der Waals surface area contributed by atoms with E-state index in [1.54, 1.807) is 6.07 Å². The van der Waals surface area contributed by atoms with Gasteiger partial charge in [-0.05, 0) is 36.8 Å². The number of carboxylic acids is 1. The third-order valence-corrected chi connectivity index (χ3v) is 3.26. The first kappa shape index (κ1) is 13.5. The molecule has 0 amide bonds. The van der Waals surface area contributed by atoms with Crippen LogP contribution in [0.2, 0.25) is 0 Å². The molecule has 1 atom stereocenters. The molecule has 0 aliphatic heterocycles. The van der Waals surface area contributed by atoms with Gasteiger partial charge in [0.05, 0.1) is 11.9 Å². The molecule has 0 fully saturated rings. The Hall–Kier alpha value is -1.88. The van der Waals surface area contributed by atoms with Crippen LogP contribution in [0.25, 0.3) is 0 Å². The van der Waals surface area contributed by atoms with Crippen molar-refractivity contribution in [2.75, 3.05) is 5.32 Å². The first-order valence-electron chi connectivity index (χ1n) is 5.77. The second-order valence-electron chi connectivity index (χ2n) is 4.15. The lowest BCUT2D eigenvalue weighted by Gasteiger charge is -2.15. The Labute approximate surface area is 119 Å². The molecule has 19 heavy (non-hydrogen) atoms. The van der Waals surface area contributed by atoms with E-state index in [1.165, 1.54) is 12.3 Å². The summed E-state index contributed by atoms with van der Waals surface area (Å²) >= 11 is 3.40. The second kappa shape index (κ2) is 5.84. The van der Waals surface area contributed by atoms with Gasteiger partial charge in [-0.3, -0.25) is 0 Å². The number of hydrogen-bond donors (Lipinski definition) is 2. The summed E-state index contributed by atoms with van der Waals surface area (Å²) in [6, 6.07) is 11.3. The lowest BCUT2D eigenvalue weighted by atomic mass is 10.1. The minimum atomic E-state index is -1.02. The average Bonchev–Trinajstić information content (AvgIpc) is 2.40. The Morgan fingerprint density at radius 3 is 2.47 bits per heavy atom. The van der Waals surface area contributed by atoms with E-state index in [1.807, 2.05) is 31.2 Å². The third-order valence-electron chi connectivity index (χ3n) is 2.74. The Morgan fingerprint density at radius 1 is 1.26 bits per heavy atom. The summed E-state index contributed by atoms with van der Waals surface area (Å²) in [6.07, 6.45) is 1.53. The number of anilines is 1. The van der Waals surface area contributed by atoms with Crippen LogP contribution in [0.3, 0.4) is 0 Å². The topological polar surface area (TPSA) is 62.2 Å². The summed E-state index contributed by atoms with van der Waals surface area (Å²) in [4.78, 5) is 14.6. The number of carboxylic acid groups (broad SMARTS) is 1. The number of pyridine rings is 1. The molecule has 2 N–H and O–H groups in total. The predicted molar refractivity (Wildman–Crippen MR) is 77.4 cm³/mol. The van der Waals surface area contributed by atoms with Crippen molar-refractivity contribution < 1.29 is 9.90 Å². The average molecular weight is 321 g/mol. The molecule has 0 aliphatic carbocycles. The van der Waals surface area contributed by atoms with Crippen LogP contribution in [-0.4, -0.2) is 16.1 Å². The summed E-state index contributed by atoms with van der Waals surface area (Å²) in [5, 5.41) is 12.0. The maximum atomic E-state index is 10.7. The molecule has 1 aromatic heterocycles. The minimum Gasteiger partial charge on any atom is -0.477 e. The van der Waals surface area contributed by atoms with Crippen LogP contribution in [0.5, 0.6) is 0 Å². The summed E-state index contributed by atoms with van der Waals surface area (Å²) < 4.78 is 1.04. The highest BCUT2D eigenvalue weighted by molar-refractivity contribution is 9.10. The number of nitrogens with one attached hydrogen (secondary N) is 1. The molecule has 2 aromatic rings. The Morgan fingerprint density at radius 2 is 1.95 bits per heavy atom. The Balaban J connectivity index is 2.08. The molecule has 0 bridgehead atoms. The van der Waals surface area contributed by atoms with Gasteiger partial charge in [0.15, 0.2) is 0 Å². The van der Waals surface area contributed by atoms with E-state index in [-0.39, 0.29) is 11.7 Å². The molecule has 0 aliphatic rings. The molecule has 0 spiro atoms. The van der Waals surface area contributed by atoms with Crippen molar-refractivity contribution in [3.8, 4) is 0 Å². The van der Waals surface area contributed by atoms with Gasteiger partial charge in [0, 0.05) is 10.5 Å². The second-order valence-corrected chi connectivity index (χ2v) is 5.07. The fourth-order valence-corrected chi connectivity index (χ4v) is 1.95. The van der Waals surface area contributed by atoms with Gasteiger partial charge in [-0.15, -0.1) is 0 Å². The molecule has 0 saturated heterocycles. The molecular weight excluding hydrogens is 308 g/mol. The van der Waals surface area contributed by atoms with E-state index in [0.717, 1.165) is 15.7 Å². The van der Waals surface area contributed by atoms with Crippen LogP contribution < -0.4 is 5.32 Å². The summed E-state index contributed by atoms with van der Waals surface area (Å²) in [5.74, 6) is -1.02. The maximum absolute atomic E-state index is 10.7. The van der Waals surface area contributed by atoms with Crippen LogP contribution >= 0.6 is 15.9 Å².